The van der Waals surface area contributed by atoms with Crippen LogP contribution < -0.4 is 10.5 Å². The van der Waals surface area contributed by atoms with E-state index >= 15 is 0 Å². The Morgan fingerprint density at radius 1 is 1.26 bits per heavy atom. The predicted molar refractivity (Wildman–Crippen MR) is 90.9 cm³/mol. The van der Waals surface area contributed by atoms with Crippen molar-refractivity contribution in [3.05, 3.63) is 60.6 Å². The van der Waals surface area contributed by atoms with E-state index in [4.69, 9.17) is 22.1 Å². The largest absolute Gasteiger partial charge is 0.495 e. The highest BCUT2D eigenvalue weighted by Gasteiger charge is 2.14. The molecule has 5 heteroatoms. The van der Waals surface area contributed by atoms with Crippen molar-refractivity contribution < 1.29 is 4.74 Å². The fourth-order valence-electron chi connectivity index (χ4n) is 1.80. The first kappa shape index (κ1) is 15.1. The highest BCUT2D eigenvalue weighted by atomic mass is 127. The van der Waals surface area contributed by atoms with Gasteiger partial charge in [-0.15, -0.1) is 0 Å². The molecule has 100 valence electrons. The molecule has 0 aliphatic carbocycles. The summed E-state index contributed by atoms with van der Waals surface area (Å²) in [6.07, 6.45) is 0. The molecule has 0 aliphatic rings. The summed E-state index contributed by atoms with van der Waals surface area (Å²) in [6, 6.07) is 11.5. The van der Waals surface area contributed by atoms with Crippen LogP contribution in [0.2, 0.25) is 5.02 Å². The molecule has 0 amide bonds. The van der Waals surface area contributed by atoms with Gasteiger partial charge in [-0.2, -0.15) is 0 Å². The van der Waals surface area contributed by atoms with E-state index in [1.165, 1.54) is 0 Å². The fraction of sp³-hybridized carbons (Fsp3) is 0.143. The van der Waals surface area contributed by atoms with Crippen molar-refractivity contribution in [1.29, 1.82) is 0 Å². The van der Waals surface area contributed by atoms with Crippen molar-refractivity contribution in [3.63, 3.8) is 0 Å². The number of rotatable bonds is 3. The molecule has 2 rings (SSSR count). The van der Waals surface area contributed by atoms with Crippen molar-refractivity contribution in [2.45, 2.75) is 6.04 Å². The Balaban J connectivity index is 2.43. The van der Waals surface area contributed by atoms with Gasteiger partial charge in [0.1, 0.15) is 5.75 Å². The summed E-state index contributed by atoms with van der Waals surface area (Å²) in [5.74, 6) is 0.639. The molecule has 19 heavy (non-hydrogen) atoms. The van der Waals surface area contributed by atoms with Crippen LogP contribution in [-0.2, 0) is 0 Å². The van der Waals surface area contributed by atoms with E-state index in [2.05, 4.69) is 38.5 Å². The molecule has 0 radical (unpaired) electrons. The molecule has 0 bridgehead atoms. The van der Waals surface area contributed by atoms with Crippen LogP contribution >= 0.6 is 50.1 Å². The Bertz CT molecular complexity index is 606. The lowest BCUT2D eigenvalue weighted by molar-refractivity contribution is 0.414. The SMILES string of the molecule is COc1cc(C(N)c2cc(Br)ccc2I)ccc1Cl. The molecule has 2 nitrogen and oxygen atoms in total. The van der Waals surface area contributed by atoms with Crippen LogP contribution in [0.5, 0.6) is 5.75 Å². The van der Waals surface area contributed by atoms with Crippen LogP contribution in [0.25, 0.3) is 0 Å². The van der Waals surface area contributed by atoms with E-state index in [-0.39, 0.29) is 6.04 Å². The minimum Gasteiger partial charge on any atom is -0.495 e. The van der Waals surface area contributed by atoms with Gasteiger partial charge in [0.05, 0.1) is 18.2 Å². The molecule has 0 heterocycles. The molecule has 0 aliphatic heterocycles. The third kappa shape index (κ3) is 3.42. The van der Waals surface area contributed by atoms with Gasteiger partial charge in [-0.1, -0.05) is 33.6 Å². The van der Waals surface area contributed by atoms with Gasteiger partial charge in [-0.05, 0) is 64.0 Å². The highest BCUT2D eigenvalue weighted by molar-refractivity contribution is 14.1. The molecule has 1 atom stereocenters. The van der Waals surface area contributed by atoms with Crippen LogP contribution in [-0.4, -0.2) is 7.11 Å². The van der Waals surface area contributed by atoms with Gasteiger partial charge in [0.2, 0.25) is 0 Å². The molecular formula is C14H12BrClINO. The highest BCUT2D eigenvalue weighted by Crippen LogP contribution is 2.32. The minimum atomic E-state index is -0.212. The van der Waals surface area contributed by atoms with Crippen LogP contribution in [0, 0.1) is 3.57 Å². The molecular weight excluding hydrogens is 440 g/mol. The smallest absolute Gasteiger partial charge is 0.137 e. The Hall–Kier alpha value is -0.300. The molecule has 2 N–H and O–H groups in total. The van der Waals surface area contributed by atoms with Gasteiger partial charge in [-0.25, -0.2) is 0 Å². The molecule has 0 aromatic heterocycles. The van der Waals surface area contributed by atoms with Crippen LogP contribution in [0.15, 0.2) is 40.9 Å². The summed E-state index contributed by atoms with van der Waals surface area (Å²) in [4.78, 5) is 0. The first-order chi connectivity index (χ1) is 9.02. The van der Waals surface area contributed by atoms with E-state index < -0.39 is 0 Å². The maximum absolute atomic E-state index is 6.34. The molecule has 0 saturated carbocycles. The van der Waals surface area contributed by atoms with Gasteiger partial charge in [0.25, 0.3) is 0 Å². The monoisotopic (exact) mass is 451 g/mol. The molecule has 2 aromatic carbocycles. The lowest BCUT2D eigenvalue weighted by Crippen LogP contribution is -2.13. The number of hydrogen-bond acceptors (Lipinski definition) is 2. The first-order valence-electron chi connectivity index (χ1n) is 5.57. The summed E-state index contributed by atoms with van der Waals surface area (Å²) in [6.45, 7) is 0. The second kappa shape index (κ2) is 6.43. The van der Waals surface area contributed by atoms with Gasteiger partial charge < -0.3 is 10.5 Å². The van der Waals surface area contributed by atoms with Gasteiger partial charge in [0, 0.05) is 8.04 Å². The third-order valence-electron chi connectivity index (χ3n) is 2.83. The lowest BCUT2D eigenvalue weighted by Gasteiger charge is -2.16. The summed E-state index contributed by atoms with van der Waals surface area (Å²) in [7, 11) is 1.60. The van der Waals surface area contributed by atoms with Crippen molar-refractivity contribution >= 4 is 50.1 Å². The maximum atomic E-state index is 6.34. The van der Waals surface area contributed by atoms with Crippen molar-refractivity contribution in [2.24, 2.45) is 5.73 Å². The average Bonchev–Trinajstić information content (AvgIpc) is 2.41. The minimum absolute atomic E-state index is 0.212. The van der Waals surface area contributed by atoms with Crippen LogP contribution in [0.4, 0.5) is 0 Å². The lowest BCUT2D eigenvalue weighted by atomic mass is 9.99. The van der Waals surface area contributed by atoms with E-state index in [1.807, 2.05) is 30.3 Å². The maximum Gasteiger partial charge on any atom is 0.137 e. The first-order valence-corrected chi connectivity index (χ1v) is 7.82. The normalized spacial score (nSPS) is 12.3. The summed E-state index contributed by atoms with van der Waals surface area (Å²) >= 11 is 11.8. The van der Waals surface area contributed by atoms with Crippen molar-refractivity contribution in [1.82, 2.24) is 0 Å². The van der Waals surface area contributed by atoms with E-state index in [1.54, 1.807) is 13.2 Å². The van der Waals surface area contributed by atoms with E-state index in [0.29, 0.717) is 10.8 Å². The van der Waals surface area contributed by atoms with Gasteiger partial charge in [-0.3, -0.25) is 0 Å². The number of methoxy groups -OCH3 is 1. The van der Waals surface area contributed by atoms with Gasteiger partial charge in [0.15, 0.2) is 0 Å². The summed E-state index contributed by atoms with van der Waals surface area (Å²) in [5.41, 5.74) is 8.37. The van der Waals surface area contributed by atoms with Gasteiger partial charge >= 0.3 is 0 Å². The Labute approximate surface area is 139 Å². The third-order valence-corrected chi connectivity index (χ3v) is 4.62. The van der Waals surface area contributed by atoms with E-state index in [9.17, 15) is 0 Å². The molecule has 1 unspecified atom stereocenters. The van der Waals surface area contributed by atoms with Crippen LogP contribution in [0.3, 0.4) is 0 Å². The Morgan fingerprint density at radius 3 is 2.68 bits per heavy atom. The number of ether oxygens (including phenoxy) is 1. The van der Waals surface area contributed by atoms with E-state index in [0.717, 1.165) is 19.2 Å². The quantitative estimate of drug-likeness (QED) is 0.682. The molecule has 2 aromatic rings. The second-order valence-electron chi connectivity index (χ2n) is 4.04. The van der Waals surface area contributed by atoms with Crippen molar-refractivity contribution in [2.75, 3.05) is 7.11 Å². The number of hydrogen-bond donors (Lipinski definition) is 1. The molecule has 0 spiro atoms. The predicted octanol–water partition coefficient (Wildman–Crippen LogP) is 4.76. The van der Waals surface area contributed by atoms with Crippen molar-refractivity contribution in [3.8, 4) is 5.75 Å². The topological polar surface area (TPSA) is 35.2 Å². The zero-order chi connectivity index (χ0) is 14.0. The standard InChI is InChI=1S/C14H12BrClINO/c1-19-13-6-8(2-4-11(13)16)14(18)10-7-9(15)3-5-12(10)17/h2-7,14H,18H2,1H3. The second-order valence-corrected chi connectivity index (χ2v) is 6.52. The number of nitrogens with two attached hydrogens (primary N) is 1. The zero-order valence-electron chi connectivity index (χ0n) is 10.2. The Morgan fingerprint density at radius 2 is 2.00 bits per heavy atom. The summed E-state index contributed by atoms with van der Waals surface area (Å²) in [5, 5.41) is 0.586. The fourth-order valence-corrected chi connectivity index (χ4v) is 3.05. The summed E-state index contributed by atoms with van der Waals surface area (Å²) < 4.78 is 7.37. The molecule has 0 saturated heterocycles. The average molecular weight is 453 g/mol. The Kier molecular flexibility index (Phi) is 5.11. The van der Waals surface area contributed by atoms with Crippen LogP contribution in [0.1, 0.15) is 17.2 Å². The number of benzene rings is 2. The molecule has 0 fully saturated rings. The zero-order valence-corrected chi connectivity index (χ0v) is 14.7. The number of halogens is 3.